The molecule has 0 aliphatic heterocycles. The number of ether oxygens (including phenoxy) is 2. The summed E-state index contributed by atoms with van der Waals surface area (Å²) in [6.07, 6.45) is 0.997. The number of aromatic nitrogens is 1. The van der Waals surface area contributed by atoms with E-state index in [2.05, 4.69) is 10.3 Å². The first-order valence-electron chi connectivity index (χ1n) is 7.63. The zero-order chi connectivity index (χ0) is 18.8. The second-order valence-corrected chi connectivity index (χ2v) is 6.96. The fourth-order valence-electron chi connectivity index (χ4n) is 2.35. The van der Waals surface area contributed by atoms with Crippen molar-refractivity contribution in [2.75, 3.05) is 7.11 Å². The van der Waals surface area contributed by atoms with Crippen molar-refractivity contribution >= 4 is 34.6 Å². The van der Waals surface area contributed by atoms with E-state index < -0.39 is 29.5 Å². The summed E-state index contributed by atoms with van der Waals surface area (Å²) in [7, 11) is 1.22. The van der Waals surface area contributed by atoms with Gasteiger partial charge in [0.25, 0.3) is 0 Å². The van der Waals surface area contributed by atoms with Gasteiger partial charge < -0.3 is 19.8 Å². The number of fused-ring (bicyclic) bond motifs is 1. The van der Waals surface area contributed by atoms with Gasteiger partial charge in [0.05, 0.1) is 12.1 Å². The lowest BCUT2D eigenvalue weighted by molar-refractivity contribution is -0.143. The molecule has 0 saturated heterocycles. The maximum Gasteiger partial charge on any atom is 0.408 e. The van der Waals surface area contributed by atoms with E-state index in [1.54, 1.807) is 27.0 Å². The smallest absolute Gasteiger partial charge is 0.408 e. The van der Waals surface area contributed by atoms with Gasteiger partial charge in [-0.1, -0.05) is 11.6 Å². The Balaban J connectivity index is 2.24. The van der Waals surface area contributed by atoms with Gasteiger partial charge in [-0.3, -0.25) is 0 Å². The van der Waals surface area contributed by atoms with E-state index in [-0.39, 0.29) is 11.4 Å². The minimum Gasteiger partial charge on any atom is -0.467 e. The van der Waals surface area contributed by atoms with Crippen molar-refractivity contribution in [2.45, 2.75) is 38.8 Å². The monoisotopic (exact) mass is 370 g/mol. The second kappa shape index (κ2) is 7.31. The molecule has 0 aliphatic carbocycles. The lowest BCUT2D eigenvalue weighted by Gasteiger charge is -2.22. The second-order valence-electron chi connectivity index (χ2n) is 6.55. The molecule has 2 N–H and O–H groups in total. The fraction of sp³-hybridized carbons (Fsp3) is 0.412. The SMILES string of the molecule is COC(=O)C(Cc1c[nH]c2cc(Cl)c(F)cc12)NC(=O)OC(C)(C)C. The number of nitrogens with one attached hydrogen (secondary N) is 2. The van der Waals surface area contributed by atoms with Crippen molar-refractivity contribution < 1.29 is 23.5 Å². The molecule has 2 aromatic rings. The summed E-state index contributed by atoms with van der Waals surface area (Å²) in [5, 5.41) is 3.05. The van der Waals surface area contributed by atoms with Gasteiger partial charge in [-0.15, -0.1) is 0 Å². The Labute approximate surface area is 149 Å². The minimum absolute atomic E-state index is 0.00250. The first-order chi connectivity index (χ1) is 11.6. The summed E-state index contributed by atoms with van der Waals surface area (Å²) in [6, 6.07) is 1.77. The number of hydrogen-bond donors (Lipinski definition) is 2. The Bertz CT molecular complexity index is 798. The van der Waals surface area contributed by atoms with Gasteiger partial charge in [0.2, 0.25) is 0 Å². The summed E-state index contributed by atoms with van der Waals surface area (Å²) in [6.45, 7) is 5.14. The number of halogens is 2. The number of carbonyl (C=O) groups excluding carboxylic acids is 2. The largest absolute Gasteiger partial charge is 0.467 e. The van der Waals surface area contributed by atoms with Crippen LogP contribution in [0.15, 0.2) is 18.3 Å². The summed E-state index contributed by atoms with van der Waals surface area (Å²) in [4.78, 5) is 26.9. The molecule has 2 rings (SSSR count). The number of methoxy groups -OCH3 is 1. The number of hydrogen-bond acceptors (Lipinski definition) is 4. The Kier molecular flexibility index (Phi) is 5.57. The predicted molar refractivity (Wildman–Crippen MR) is 92.1 cm³/mol. The molecule has 1 atom stereocenters. The molecule has 1 unspecified atom stereocenters. The quantitative estimate of drug-likeness (QED) is 0.806. The van der Waals surface area contributed by atoms with Gasteiger partial charge in [-0.2, -0.15) is 0 Å². The molecule has 25 heavy (non-hydrogen) atoms. The number of H-pyrrole nitrogens is 1. The Morgan fingerprint density at radius 2 is 2.04 bits per heavy atom. The molecule has 0 bridgehead atoms. The van der Waals surface area contributed by atoms with Crippen molar-refractivity contribution in [1.29, 1.82) is 0 Å². The van der Waals surface area contributed by atoms with Crippen LogP contribution in [0.2, 0.25) is 5.02 Å². The molecule has 1 amide bonds. The molecule has 1 aromatic heterocycles. The summed E-state index contributed by atoms with van der Waals surface area (Å²) < 4.78 is 23.6. The van der Waals surface area contributed by atoms with Crippen LogP contribution in [0.25, 0.3) is 10.9 Å². The van der Waals surface area contributed by atoms with Crippen LogP contribution >= 0.6 is 11.6 Å². The van der Waals surface area contributed by atoms with Crippen molar-refractivity contribution in [2.24, 2.45) is 0 Å². The van der Waals surface area contributed by atoms with Crippen LogP contribution in [0.5, 0.6) is 0 Å². The topological polar surface area (TPSA) is 80.4 Å². The van der Waals surface area contributed by atoms with Gasteiger partial charge in [0, 0.05) is 23.5 Å². The highest BCUT2D eigenvalue weighted by atomic mass is 35.5. The third-order valence-electron chi connectivity index (χ3n) is 3.41. The number of alkyl carbamates (subject to hydrolysis) is 1. The lowest BCUT2D eigenvalue weighted by atomic mass is 10.0. The molecule has 8 heteroatoms. The Hall–Kier alpha value is -2.28. The predicted octanol–water partition coefficient (Wildman–Crippen LogP) is 3.57. The van der Waals surface area contributed by atoms with E-state index in [4.69, 9.17) is 21.1 Å². The summed E-state index contributed by atoms with van der Waals surface area (Å²) in [5.41, 5.74) is 0.560. The van der Waals surface area contributed by atoms with Crippen molar-refractivity contribution in [3.05, 3.63) is 34.7 Å². The third-order valence-corrected chi connectivity index (χ3v) is 3.70. The van der Waals surface area contributed by atoms with Gasteiger partial charge in [0.15, 0.2) is 0 Å². The Morgan fingerprint density at radius 1 is 1.36 bits per heavy atom. The number of amides is 1. The van der Waals surface area contributed by atoms with E-state index >= 15 is 0 Å². The number of benzene rings is 1. The van der Waals surface area contributed by atoms with E-state index in [0.717, 1.165) is 0 Å². The molecular formula is C17H20ClFN2O4. The third kappa shape index (κ3) is 4.85. The highest BCUT2D eigenvalue weighted by Crippen LogP contribution is 2.26. The fourth-order valence-corrected chi connectivity index (χ4v) is 2.51. The molecule has 0 fully saturated rings. The van der Waals surface area contributed by atoms with E-state index in [1.165, 1.54) is 19.2 Å². The average molecular weight is 371 g/mol. The molecule has 0 spiro atoms. The van der Waals surface area contributed by atoms with Gasteiger partial charge >= 0.3 is 12.1 Å². The summed E-state index contributed by atoms with van der Waals surface area (Å²) >= 11 is 5.76. The highest BCUT2D eigenvalue weighted by molar-refractivity contribution is 6.31. The number of aromatic amines is 1. The normalized spacial score (nSPS) is 12.7. The van der Waals surface area contributed by atoms with Crippen molar-refractivity contribution in [3.8, 4) is 0 Å². The van der Waals surface area contributed by atoms with Crippen LogP contribution in [0.4, 0.5) is 9.18 Å². The van der Waals surface area contributed by atoms with Crippen LogP contribution in [-0.4, -0.2) is 35.8 Å². The van der Waals surface area contributed by atoms with Gasteiger partial charge in [-0.05, 0) is 38.5 Å². The molecular weight excluding hydrogens is 351 g/mol. The average Bonchev–Trinajstić information content (AvgIpc) is 2.86. The molecule has 1 aromatic carbocycles. The molecule has 136 valence electrons. The van der Waals surface area contributed by atoms with E-state index in [9.17, 15) is 14.0 Å². The first kappa shape index (κ1) is 19.1. The van der Waals surface area contributed by atoms with Crippen molar-refractivity contribution in [1.82, 2.24) is 10.3 Å². The zero-order valence-corrected chi connectivity index (χ0v) is 15.2. The number of rotatable bonds is 4. The first-order valence-corrected chi connectivity index (χ1v) is 8.01. The standard InChI is InChI=1S/C17H20ClFN2O4/c1-17(2,3)25-16(23)21-14(15(22)24-4)5-9-8-20-13-7-11(18)12(19)6-10(9)13/h6-8,14,20H,5H2,1-4H3,(H,21,23). The van der Waals surface area contributed by atoms with Crippen LogP contribution in [-0.2, 0) is 20.7 Å². The number of esters is 1. The molecule has 0 saturated carbocycles. The molecule has 1 heterocycles. The van der Waals surface area contributed by atoms with Crippen LogP contribution in [0, 0.1) is 5.82 Å². The lowest BCUT2D eigenvalue weighted by Crippen LogP contribution is -2.45. The van der Waals surface area contributed by atoms with Crippen LogP contribution < -0.4 is 5.32 Å². The van der Waals surface area contributed by atoms with E-state index in [1.807, 2.05) is 0 Å². The maximum absolute atomic E-state index is 13.7. The van der Waals surface area contributed by atoms with Gasteiger partial charge in [0.1, 0.15) is 17.5 Å². The molecule has 6 nitrogen and oxygen atoms in total. The Morgan fingerprint density at radius 3 is 2.64 bits per heavy atom. The molecule has 0 radical (unpaired) electrons. The molecule has 0 aliphatic rings. The van der Waals surface area contributed by atoms with Gasteiger partial charge in [-0.25, -0.2) is 14.0 Å². The maximum atomic E-state index is 13.7. The highest BCUT2D eigenvalue weighted by Gasteiger charge is 2.26. The van der Waals surface area contributed by atoms with Crippen molar-refractivity contribution in [3.63, 3.8) is 0 Å². The minimum atomic E-state index is -0.974. The zero-order valence-electron chi connectivity index (χ0n) is 14.4. The summed E-state index contributed by atoms with van der Waals surface area (Å²) in [5.74, 6) is -1.20. The van der Waals surface area contributed by atoms with Crippen LogP contribution in [0.1, 0.15) is 26.3 Å². The number of carbonyl (C=O) groups is 2. The van der Waals surface area contributed by atoms with E-state index in [0.29, 0.717) is 16.5 Å². The van der Waals surface area contributed by atoms with Crippen LogP contribution in [0.3, 0.4) is 0 Å².